The van der Waals surface area contributed by atoms with E-state index in [0.717, 1.165) is 16.8 Å². The lowest BCUT2D eigenvalue weighted by molar-refractivity contribution is 0.553. The quantitative estimate of drug-likeness (QED) is 0.906. The molecule has 0 radical (unpaired) electrons. The summed E-state index contributed by atoms with van der Waals surface area (Å²) in [7, 11) is 1.90. The van der Waals surface area contributed by atoms with Gasteiger partial charge in [-0.2, -0.15) is 5.10 Å². The average Bonchev–Trinajstić information content (AvgIpc) is 2.79. The summed E-state index contributed by atoms with van der Waals surface area (Å²) in [4.78, 5) is 0. The molecule has 21 heavy (non-hydrogen) atoms. The highest BCUT2D eigenvalue weighted by molar-refractivity contribution is 5.66. The highest BCUT2D eigenvalue weighted by Crippen LogP contribution is 2.29. The zero-order chi connectivity index (χ0) is 15.6. The van der Waals surface area contributed by atoms with Crippen LogP contribution in [0.5, 0.6) is 0 Å². The third-order valence-corrected chi connectivity index (χ3v) is 3.47. The normalized spacial score (nSPS) is 11.6. The van der Waals surface area contributed by atoms with Gasteiger partial charge in [0.2, 0.25) is 0 Å². The number of rotatable bonds is 5. The van der Waals surface area contributed by atoms with Crippen molar-refractivity contribution >= 4 is 0 Å². The molecule has 3 nitrogen and oxygen atoms in total. The maximum Gasteiger partial charge on any atom is 0.128 e. The van der Waals surface area contributed by atoms with Gasteiger partial charge in [0.25, 0.3) is 0 Å². The molecular formula is C17H24FN3. The Hall–Kier alpha value is -1.68. The van der Waals surface area contributed by atoms with Crippen LogP contribution in [0.3, 0.4) is 0 Å². The van der Waals surface area contributed by atoms with Crippen molar-refractivity contribution < 1.29 is 4.39 Å². The first-order valence-corrected chi connectivity index (χ1v) is 7.44. The second-order valence-electron chi connectivity index (χ2n) is 6.10. The van der Waals surface area contributed by atoms with Crippen LogP contribution >= 0.6 is 0 Å². The highest BCUT2D eigenvalue weighted by atomic mass is 19.1. The molecule has 4 heteroatoms. The second-order valence-corrected chi connectivity index (χ2v) is 6.10. The van der Waals surface area contributed by atoms with Crippen molar-refractivity contribution in [3.63, 3.8) is 0 Å². The molecule has 1 heterocycles. The van der Waals surface area contributed by atoms with Crippen molar-refractivity contribution in [2.24, 2.45) is 7.05 Å². The summed E-state index contributed by atoms with van der Waals surface area (Å²) in [6.45, 7) is 8.85. The first kappa shape index (κ1) is 15.7. The molecule has 2 aromatic rings. The largest absolute Gasteiger partial charge is 0.310 e. The standard InChI is InChI=1S/C17H24FN3/c1-11(2)17-15(10-21(5)20-17)13-6-7-14(16(18)8-13)9-19-12(3)4/h6-8,10-12,19H,9H2,1-5H3. The summed E-state index contributed by atoms with van der Waals surface area (Å²) in [5.41, 5.74) is 3.60. The zero-order valence-corrected chi connectivity index (χ0v) is 13.4. The topological polar surface area (TPSA) is 29.9 Å². The fraction of sp³-hybridized carbons (Fsp3) is 0.471. The molecule has 0 atom stereocenters. The van der Waals surface area contributed by atoms with Crippen LogP contribution in [-0.2, 0) is 13.6 Å². The molecular weight excluding hydrogens is 265 g/mol. The monoisotopic (exact) mass is 289 g/mol. The Bertz CT molecular complexity index is 614. The van der Waals surface area contributed by atoms with Crippen molar-refractivity contribution in [1.82, 2.24) is 15.1 Å². The van der Waals surface area contributed by atoms with Gasteiger partial charge in [-0.1, -0.05) is 39.8 Å². The van der Waals surface area contributed by atoms with E-state index in [9.17, 15) is 4.39 Å². The van der Waals surface area contributed by atoms with Crippen molar-refractivity contribution in [3.8, 4) is 11.1 Å². The molecule has 0 spiro atoms. The van der Waals surface area contributed by atoms with Crippen molar-refractivity contribution in [3.05, 3.63) is 41.5 Å². The maximum atomic E-state index is 14.3. The first-order chi connectivity index (χ1) is 9.88. The summed E-state index contributed by atoms with van der Waals surface area (Å²) in [5, 5.41) is 7.72. The van der Waals surface area contributed by atoms with E-state index in [1.807, 2.05) is 25.4 Å². The fourth-order valence-corrected chi connectivity index (χ4v) is 2.33. The van der Waals surface area contributed by atoms with E-state index in [4.69, 9.17) is 0 Å². The van der Waals surface area contributed by atoms with Gasteiger partial charge in [0.15, 0.2) is 0 Å². The molecule has 1 aromatic heterocycles. The third-order valence-electron chi connectivity index (χ3n) is 3.47. The molecule has 114 valence electrons. The molecule has 0 aliphatic heterocycles. The maximum absolute atomic E-state index is 14.3. The van der Waals surface area contributed by atoms with Crippen LogP contribution in [0, 0.1) is 5.82 Å². The lowest BCUT2D eigenvalue weighted by Gasteiger charge is -2.11. The van der Waals surface area contributed by atoms with Crippen LogP contribution in [0.25, 0.3) is 11.1 Å². The van der Waals surface area contributed by atoms with E-state index in [-0.39, 0.29) is 5.82 Å². The second kappa shape index (κ2) is 6.39. The van der Waals surface area contributed by atoms with Crippen LogP contribution in [0.4, 0.5) is 4.39 Å². The number of hydrogen-bond donors (Lipinski definition) is 1. The Morgan fingerprint density at radius 1 is 1.24 bits per heavy atom. The SMILES string of the molecule is CC(C)NCc1ccc(-c2cn(C)nc2C(C)C)cc1F. The number of aryl methyl sites for hydroxylation is 1. The van der Waals surface area contributed by atoms with Crippen molar-refractivity contribution in [2.45, 2.75) is 46.2 Å². The highest BCUT2D eigenvalue weighted by Gasteiger charge is 2.14. The third kappa shape index (κ3) is 3.70. The Kier molecular flexibility index (Phi) is 4.78. The van der Waals surface area contributed by atoms with E-state index in [0.29, 0.717) is 24.1 Å². The molecule has 0 amide bonds. The summed E-state index contributed by atoms with van der Waals surface area (Å²) in [6.07, 6.45) is 1.95. The predicted molar refractivity (Wildman–Crippen MR) is 84.7 cm³/mol. The van der Waals surface area contributed by atoms with Gasteiger partial charge in [0.1, 0.15) is 5.82 Å². The van der Waals surface area contributed by atoms with Gasteiger partial charge >= 0.3 is 0 Å². The van der Waals surface area contributed by atoms with Gasteiger partial charge in [-0.25, -0.2) is 4.39 Å². The van der Waals surface area contributed by atoms with Crippen LogP contribution in [-0.4, -0.2) is 15.8 Å². The summed E-state index contributed by atoms with van der Waals surface area (Å²) in [6, 6.07) is 5.79. The Balaban J connectivity index is 2.32. The lowest BCUT2D eigenvalue weighted by atomic mass is 9.99. The molecule has 0 aliphatic rings. The van der Waals surface area contributed by atoms with E-state index >= 15 is 0 Å². The smallest absolute Gasteiger partial charge is 0.128 e. The minimum Gasteiger partial charge on any atom is -0.310 e. The molecule has 0 saturated heterocycles. The number of benzene rings is 1. The number of nitrogens with zero attached hydrogens (tertiary/aromatic N) is 2. The Morgan fingerprint density at radius 3 is 2.52 bits per heavy atom. The molecule has 1 aromatic carbocycles. The van der Waals surface area contributed by atoms with E-state index in [1.165, 1.54) is 0 Å². The molecule has 0 aliphatic carbocycles. The molecule has 2 rings (SSSR count). The van der Waals surface area contributed by atoms with Gasteiger partial charge < -0.3 is 5.32 Å². The van der Waals surface area contributed by atoms with Crippen LogP contribution in [0.15, 0.2) is 24.4 Å². The number of nitrogens with one attached hydrogen (secondary N) is 1. The fourth-order valence-electron chi connectivity index (χ4n) is 2.33. The minimum absolute atomic E-state index is 0.167. The number of halogens is 1. The van der Waals surface area contributed by atoms with E-state index in [1.54, 1.807) is 10.7 Å². The molecule has 1 N–H and O–H groups in total. The lowest BCUT2D eigenvalue weighted by Crippen LogP contribution is -2.22. The number of hydrogen-bond acceptors (Lipinski definition) is 2. The van der Waals surface area contributed by atoms with Crippen molar-refractivity contribution in [1.29, 1.82) is 0 Å². The number of aromatic nitrogens is 2. The van der Waals surface area contributed by atoms with Gasteiger partial charge in [-0.3, -0.25) is 4.68 Å². The van der Waals surface area contributed by atoms with Gasteiger partial charge in [0, 0.05) is 37.0 Å². The molecule has 0 bridgehead atoms. The summed E-state index contributed by atoms with van der Waals surface area (Å²) < 4.78 is 16.0. The van der Waals surface area contributed by atoms with Gasteiger partial charge in [-0.05, 0) is 17.5 Å². The first-order valence-electron chi connectivity index (χ1n) is 7.44. The van der Waals surface area contributed by atoms with Crippen LogP contribution in [0.2, 0.25) is 0 Å². The zero-order valence-electron chi connectivity index (χ0n) is 13.4. The Morgan fingerprint density at radius 2 is 1.95 bits per heavy atom. The molecule has 0 saturated carbocycles. The predicted octanol–water partition coefficient (Wildman–Crippen LogP) is 3.85. The van der Waals surface area contributed by atoms with Crippen LogP contribution < -0.4 is 5.32 Å². The molecule has 0 unspecified atom stereocenters. The summed E-state index contributed by atoms with van der Waals surface area (Å²) >= 11 is 0. The van der Waals surface area contributed by atoms with Crippen LogP contribution in [0.1, 0.15) is 44.9 Å². The van der Waals surface area contributed by atoms with E-state index < -0.39 is 0 Å². The van der Waals surface area contributed by atoms with Gasteiger partial charge in [0.05, 0.1) is 5.69 Å². The minimum atomic E-state index is -0.167. The van der Waals surface area contributed by atoms with Crippen molar-refractivity contribution in [2.75, 3.05) is 0 Å². The summed E-state index contributed by atoms with van der Waals surface area (Å²) in [5.74, 6) is 0.144. The molecule has 0 fully saturated rings. The Labute approximate surface area is 126 Å². The van der Waals surface area contributed by atoms with E-state index in [2.05, 4.69) is 38.1 Å². The van der Waals surface area contributed by atoms with Gasteiger partial charge in [-0.15, -0.1) is 0 Å². The average molecular weight is 289 g/mol.